The van der Waals surface area contributed by atoms with Crippen LogP contribution in [0.15, 0.2) is 0 Å². The summed E-state index contributed by atoms with van der Waals surface area (Å²) in [6.07, 6.45) is 0.776. The van der Waals surface area contributed by atoms with Crippen molar-refractivity contribution in [1.82, 2.24) is 4.90 Å². The Morgan fingerprint density at radius 1 is 1.50 bits per heavy atom. The number of nitrogens with zero attached hydrogens (tertiary/aromatic N) is 1. The maximum absolute atomic E-state index is 9.93. The summed E-state index contributed by atoms with van der Waals surface area (Å²) < 4.78 is 0. The minimum atomic E-state index is -0.626. The highest BCUT2D eigenvalue weighted by atomic mass is 16.3. The van der Waals surface area contributed by atoms with E-state index in [-0.39, 0.29) is 5.92 Å². The molecule has 0 aliphatic rings. The smallest absolute Gasteiger partial charge is 0.0669 e. The van der Waals surface area contributed by atoms with E-state index in [4.69, 9.17) is 5.73 Å². The third-order valence-electron chi connectivity index (χ3n) is 2.48. The molecule has 0 rings (SSSR count). The fourth-order valence-corrected chi connectivity index (χ4v) is 0.950. The van der Waals surface area contributed by atoms with Gasteiger partial charge in [0.1, 0.15) is 0 Å². The molecule has 0 aliphatic carbocycles. The lowest BCUT2D eigenvalue weighted by molar-refractivity contribution is -0.00335. The van der Waals surface area contributed by atoms with Gasteiger partial charge >= 0.3 is 0 Å². The fraction of sp³-hybridized carbons (Fsp3) is 1.00. The van der Waals surface area contributed by atoms with Crippen molar-refractivity contribution in [2.75, 3.05) is 27.2 Å². The molecule has 0 saturated heterocycles. The summed E-state index contributed by atoms with van der Waals surface area (Å²) in [5.41, 5.74) is 4.86. The Labute approximate surface area is 75.6 Å². The van der Waals surface area contributed by atoms with Crippen LogP contribution in [0.3, 0.4) is 0 Å². The summed E-state index contributed by atoms with van der Waals surface area (Å²) in [5.74, 6) is 0.164. The SMILES string of the molecule is CC(CN)C(C)(O)CCN(C)C. The third-order valence-corrected chi connectivity index (χ3v) is 2.48. The standard InChI is InChI=1S/C9H22N2O/c1-8(7-10)9(2,12)5-6-11(3)4/h8,12H,5-7,10H2,1-4H3. The highest BCUT2D eigenvalue weighted by Gasteiger charge is 2.26. The van der Waals surface area contributed by atoms with Gasteiger partial charge in [-0.25, -0.2) is 0 Å². The second kappa shape index (κ2) is 4.80. The Balaban J connectivity index is 3.86. The number of hydrogen-bond donors (Lipinski definition) is 2. The molecule has 0 spiro atoms. The van der Waals surface area contributed by atoms with Crippen LogP contribution >= 0.6 is 0 Å². The van der Waals surface area contributed by atoms with Crippen molar-refractivity contribution in [3.63, 3.8) is 0 Å². The lowest BCUT2D eigenvalue weighted by Gasteiger charge is -2.30. The molecular weight excluding hydrogens is 152 g/mol. The average molecular weight is 174 g/mol. The first-order valence-electron chi connectivity index (χ1n) is 4.47. The maximum Gasteiger partial charge on any atom is 0.0669 e. The van der Waals surface area contributed by atoms with Crippen LogP contribution in [0.5, 0.6) is 0 Å². The van der Waals surface area contributed by atoms with E-state index in [2.05, 4.69) is 4.90 Å². The number of hydrogen-bond acceptors (Lipinski definition) is 3. The molecule has 0 amide bonds. The van der Waals surface area contributed by atoms with E-state index in [9.17, 15) is 5.11 Å². The van der Waals surface area contributed by atoms with Crippen LogP contribution in [0.1, 0.15) is 20.3 Å². The zero-order valence-electron chi connectivity index (χ0n) is 8.67. The van der Waals surface area contributed by atoms with Gasteiger partial charge in [-0.3, -0.25) is 0 Å². The topological polar surface area (TPSA) is 49.5 Å². The van der Waals surface area contributed by atoms with Crippen molar-refractivity contribution in [1.29, 1.82) is 0 Å². The van der Waals surface area contributed by atoms with Crippen LogP contribution in [0.2, 0.25) is 0 Å². The Morgan fingerprint density at radius 2 is 2.00 bits per heavy atom. The lowest BCUT2D eigenvalue weighted by Crippen LogP contribution is -2.39. The van der Waals surface area contributed by atoms with Gasteiger partial charge in [-0.05, 0) is 39.9 Å². The summed E-state index contributed by atoms with van der Waals surface area (Å²) >= 11 is 0. The molecule has 0 saturated carbocycles. The van der Waals surface area contributed by atoms with E-state index in [0.717, 1.165) is 13.0 Å². The monoisotopic (exact) mass is 174 g/mol. The Bertz CT molecular complexity index is 124. The van der Waals surface area contributed by atoms with E-state index >= 15 is 0 Å². The molecule has 12 heavy (non-hydrogen) atoms. The number of nitrogens with two attached hydrogens (primary N) is 1. The highest BCUT2D eigenvalue weighted by molar-refractivity contribution is 4.80. The summed E-state index contributed by atoms with van der Waals surface area (Å²) in [5, 5.41) is 9.93. The van der Waals surface area contributed by atoms with Crippen LogP contribution in [0, 0.1) is 5.92 Å². The van der Waals surface area contributed by atoms with Gasteiger partial charge < -0.3 is 15.7 Å². The van der Waals surface area contributed by atoms with Crippen LogP contribution in [0.4, 0.5) is 0 Å². The summed E-state index contributed by atoms with van der Waals surface area (Å²) in [4.78, 5) is 2.07. The first-order chi connectivity index (χ1) is 5.40. The van der Waals surface area contributed by atoms with Gasteiger partial charge in [-0.1, -0.05) is 6.92 Å². The van der Waals surface area contributed by atoms with Gasteiger partial charge in [0.25, 0.3) is 0 Å². The van der Waals surface area contributed by atoms with Crippen molar-refractivity contribution in [3.05, 3.63) is 0 Å². The predicted molar refractivity (Wildman–Crippen MR) is 52.0 cm³/mol. The van der Waals surface area contributed by atoms with Gasteiger partial charge in [-0.15, -0.1) is 0 Å². The van der Waals surface area contributed by atoms with E-state index in [0.29, 0.717) is 6.54 Å². The maximum atomic E-state index is 9.93. The molecule has 0 fully saturated rings. The molecule has 3 nitrogen and oxygen atoms in total. The largest absolute Gasteiger partial charge is 0.390 e. The Morgan fingerprint density at radius 3 is 2.33 bits per heavy atom. The van der Waals surface area contributed by atoms with Crippen molar-refractivity contribution in [2.45, 2.75) is 25.9 Å². The highest BCUT2D eigenvalue weighted by Crippen LogP contribution is 2.19. The van der Waals surface area contributed by atoms with E-state index < -0.39 is 5.60 Å². The molecule has 0 aromatic carbocycles. The minimum Gasteiger partial charge on any atom is -0.390 e. The first-order valence-corrected chi connectivity index (χ1v) is 4.47. The van der Waals surface area contributed by atoms with Crippen LogP contribution in [-0.2, 0) is 0 Å². The molecule has 0 aromatic rings. The van der Waals surface area contributed by atoms with Gasteiger partial charge in [0.2, 0.25) is 0 Å². The van der Waals surface area contributed by atoms with Crippen LogP contribution in [-0.4, -0.2) is 42.8 Å². The van der Waals surface area contributed by atoms with E-state index in [1.807, 2.05) is 27.9 Å². The van der Waals surface area contributed by atoms with Gasteiger partial charge in [0, 0.05) is 6.54 Å². The second-order valence-corrected chi connectivity index (χ2v) is 4.05. The minimum absolute atomic E-state index is 0.164. The van der Waals surface area contributed by atoms with Gasteiger partial charge in [0.05, 0.1) is 5.60 Å². The molecule has 3 heteroatoms. The first kappa shape index (κ1) is 11.9. The second-order valence-electron chi connectivity index (χ2n) is 4.05. The fourth-order valence-electron chi connectivity index (χ4n) is 0.950. The summed E-state index contributed by atoms with van der Waals surface area (Å²) in [6, 6.07) is 0. The van der Waals surface area contributed by atoms with E-state index in [1.54, 1.807) is 0 Å². The van der Waals surface area contributed by atoms with Crippen molar-refractivity contribution >= 4 is 0 Å². The molecule has 2 unspecified atom stereocenters. The van der Waals surface area contributed by atoms with Gasteiger partial charge in [0.15, 0.2) is 0 Å². The van der Waals surface area contributed by atoms with Crippen molar-refractivity contribution < 1.29 is 5.11 Å². The average Bonchev–Trinajstić information content (AvgIpc) is 1.99. The normalized spacial score (nSPS) is 19.2. The molecular formula is C9H22N2O. The third kappa shape index (κ3) is 4.04. The van der Waals surface area contributed by atoms with E-state index in [1.165, 1.54) is 0 Å². The molecule has 0 heterocycles. The Hall–Kier alpha value is -0.120. The zero-order chi connectivity index (χ0) is 9.78. The van der Waals surface area contributed by atoms with Crippen molar-refractivity contribution in [3.8, 4) is 0 Å². The predicted octanol–water partition coefficient (Wildman–Crippen LogP) is 0.284. The summed E-state index contributed by atoms with van der Waals surface area (Å²) in [6.45, 7) is 5.28. The van der Waals surface area contributed by atoms with Crippen LogP contribution in [0.25, 0.3) is 0 Å². The molecule has 2 atom stereocenters. The molecule has 0 aliphatic heterocycles. The van der Waals surface area contributed by atoms with Crippen molar-refractivity contribution in [2.24, 2.45) is 11.7 Å². The van der Waals surface area contributed by atoms with Crippen LogP contribution < -0.4 is 5.73 Å². The zero-order valence-corrected chi connectivity index (χ0v) is 8.67. The molecule has 0 bridgehead atoms. The number of aliphatic hydroxyl groups is 1. The number of rotatable bonds is 5. The quantitative estimate of drug-likeness (QED) is 0.629. The molecule has 0 aromatic heterocycles. The van der Waals surface area contributed by atoms with Gasteiger partial charge in [-0.2, -0.15) is 0 Å². The molecule has 3 N–H and O–H groups in total. The molecule has 74 valence electrons. The molecule has 0 radical (unpaired) electrons. The summed E-state index contributed by atoms with van der Waals surface area (Å²) in [7, 11) is 4.01. The lowest BCUT2D eigenvalue weighted by atomic mass is 9.88. The Kier molecular flexibility index (Phi) is 4.75.